The zero-order valence-corrected chi connectivity index (χ0v) is 11.7. The highest BCUT2D eigenvalue weighted by Crippen LogP contribution is 2.18. The molecule has 0 heterocycles. The first-order valence-corrected chi connectivity index (χ1v) is 7.47. The minimum atomic E-state index is -1.38. The van der Waals surface area contributed by atoms with Crippen LogP contribution >= 0.6 is 0 Å². The first-order chi connectivity index (χ1) is 6.52. The van der Waals surface area contributed by atoms with Gasteiger partial charge in [0.25, 0.3) is 0 Å². The highest BCUT2D eigenvalue weighted by atomic mass is 28.3. The van der Waals surface area contributed by atoms with E-state index in [-0.39, 0.29) is 0 Å². The lowest BCUT2D eigenvalue weighted by atomic mass is 9.97. The fourth-order valence-corrected chi connectivity index (χ4v) is 3.67. The molecular weight excluding hydrogens is 192 g/mol. The van der Waals surface area contributed by atoms with Crippen molar-refractivity contribution in [1.29, 1.82) is 0 Å². The average Bonchev–Trinajstić information content (AvgIpc) is 2.10. The van der Waals surface area contributed by atoms with Gasteiger partial charge in [-0.2, -0.15) is 0 Å². The van der Waals surface area contributed by atoms with E-state index in [2.05, 4.69) is 34.6 Å². The van der Waals surface area contributed by atoms with E-state index in [4.69, 9.17) is 8.85 Å². The zero-order valence-electron chi connectivity index (χ0n) is 10.5. The van der Waals surface area contributed by atoms with E-state index >= 15 is 0 Å². The summed E-state index contributed by atoms with van der Waals surface area (Å²) in [5.74, 6) is 1.16. The van der Waals surface area contributed by atoms with Gasteiger partial charge in [-0.3, -0.25) is 0 Å². The van der Waals surface area contributed by atoms with Gasteiger partial charge in [-0.1, -0.05) is 41.0 Å². The van der Waals surface area contributed by atoms with Crippen LogP contribution in [0.25, 0.3) is 0 Å². The second-order valence-corrected chi connectivity index (χ2v) is 6.72. The van der Waals surface area contributed by atoms with Crippen LogP contribution < -0.4 is 0 Å². The Bertz CT molecular complexity index is 129. The average molecular weight is 218 g/mol. The molecule has 0 spiro atoms. The van der Waals surface area contributed by atoms with Crippen molar-refractivity contribution in [3.8, 4) is 0 Å². The lowest BCUT2D eigenvalue weighted by Gasteiger charge is -2.28. The van der Waals surface area contributed by atoms with Crippen molar-refractivity contribution in [3.05, 3.63) is 0 Å². The zero-order chi connectivity index (χ0) is 11.1. The van der Waals surface area contributed by atoms with E-state index < -0.39 is 9.28 Å². The summed E-state index contributed by atoms with van der Waals surface area (Å²) in [6.45, 7) is 11.1. The Labute approximate surface area is 90.8 Å². The molecule has 3 heteroatoms. The van der Waals surface area contributed by atoms with Crippen molar-refractivity contribution < 1.29 is 8.85 Å². The molecule has 0 aromatic rings. The van der Waals surface area contributed by atoms with Gasteiger partial charge < -0.3 is 8.85 Å². The van der Waals surface area contributed by atoms with Crippen LogP contribution in [0.1, 0.15) is 41.0 Å². The van der Waals surface area contributed by atoms with Crippen LogP contribution in [0.3, 0.4) is 0 Å². The fourth-order valence-electron chi connectivity index (χ4n) is 1.74. The molecule has 0 fully saturated rings. The summed E-state index contributed by atoms with van der Waals surface area (Å²) in [6.07, 6.45) is 1.52. The van der Waals surface area contributed by atoms with Crippen molar-refractivity contribution in [3.63, 3.8) is 0 Å². The second kappa shape index (κ2) is 7.43. The molecule has 0 bridgehead atoms. The summed E-state index contributed by atoms with van der Waals surface area (Å²) in [4.78, 5) is 0. The number of hydrogen-bond donors (Lipinski definition) is 0. The lowest BCUT2D eigenvalue weighted by molar-refractivity contribution is 0.0742. The minimum Gasteiger partial charge on any atom is -0.400 e. The quantitative estimate of drug-likeness (QED) is 0.612. The molecule has 86 valence electrons. The molecule has 1 unspecified atom stereocenters. The Balaban J connectivity index is 4.11. The van der Waals surface area contributed by atoms with Crippen molar-refractivity contribution in [2.24, 2.45) is 11.8 Å². The largest absolute Gasteiger partial charge is 0.400 e. The van der Waals surface area contributed by atoms with E-state index in [1.54, 1.807) is 7.11 Å². The molecular formula is C11H26O2Si. The van der Waals surface area contributed by atoms with Crippen LogP contribution in [0.2, 0.25) is 6.04 Å². The van der Waals surface area contributed by atoms with Crippen LogP contribution in [0.15, 0.2) is 0 Å². The first-order valence-electron chi connectivity index (χ1n) is 5.71. The normalized spacial score (nSPS) is 14.4. The van der Waals surface area contributed by atoms with Gasteiger partial charge in [-0.15, -0.1) is 0 Å². The van der Waals surface area contributed by atoms with Gasteiger partial charge in [0, 0.05) is 7.11 Å². The minimum absolute atomic E-state index is 0.359. The molecule has 2 nitrogen and oxygen atoms in total. The smallest absolute Gasteiger partial charge is 0.321 e. The molecule has 0 N–H and O–H groups in total. The summed E-state index contributed by atoms with van der Waals surface area (Å²) in [6, 6.07) is 1.12. The van der Waals surface area contributed by atoms with Crippen LogP contribution in [0.4, 0.5) is 0 Å². The van der Waals surface area contributed by atoms with Gasteiger partial charge in [0.15, 0.2) is 0 Å². The molecule has 0 amide bonds. The van der Waals surface area contributed by atoms with Gasteiger partial charge in [-0.25, -0.2) is 0 Å². The summed E-state index contributed by atoms with van der Waals surface area (Å²) in [5, 5.41) is 0. The number of rotatable bonds is 7. The second-order valence-electron chi connectivity index (χ2n) is 4.54. The molecule has 1 atom stereocenters. The molecule has 14 heavy (non-hydrogen) atoms. The van der Waals surface area contributed by atoms with Gasteiger partial charge >= 0.3 is 9.28 Å². The van der Waals surface area contributed by atoms with Crippen molar-refractivity contribution in [1.82, 2.24) is 0 Å². The highest BCUT2D eigenvalue weighted by molar-refractivity contribution is 6.44. The molecule has 0 radical (unpaired) electrons. The van der Waals surface area contributed by atoms with E-state index in [0.29, 0.717) is 17.9 Å². The molecule has 0 rings (SSSR count). The maximum atomic E-state index is 6.08. The first kappa shape index (κ1) is 14.1. The van der Waals surface area contributed by atoms with E-state index in [0.717, 1.165) is 12.5 Å². The predicted octanol–water partition coefficient (Wildman–Crippen LogP) is 2.96. The third-order valence-corrected chi connectivity index (χ3v) is 4.60. The van der Waals surface area contributed by atoms with Gasteiger partial charge in [-0.05, 0) is 17.9 Å². The topological polar surface area (TPSA) is 18.5 Å². The molecule has 0 aromatic heterocycles. The van der Waals surface area contributed by atoms with E-state index in [1.807, 2.05) is 0 Å². The summed E-state index contributed by atoms with van der Waals surface area (Å²) in [5.41, 5.74) is 0. The van der Waals surface area contributed by atoms with Crippen molar-refractivity contribution in [2.45, 2.75) is 53.2 Å². The third kappa shape index (κ3) is 5.13. The molecule has 0 aliphatic heterocycles. The standard InChI is InChI=1S/C11H26O2Si/c1-7-8-14(12-6)13-11(9(2)3)10(4)5/h9-11,14H,7-8H2,1-6H3. The molecule has 0 aliphatic carbocycles. The lowest BCUT2D eigenvalue weighted by Crippen LogP contribution is -2.34. The molecule has 0 saturated carbocycles. The van der Waals surface area contributed by atoms with Gasteiger partial charge in [0.2, 0.25) is 0 Å². The highest BCUT2D eigenvalue weighted by Gasteiger charge is 2.23. The summed E-state index contributed by atoms with van der Waals surface area (Å²) >= 11 is 0. The Kier molecular flexibility index (Phi) is 7.50. The summed E-state index contributed by atoms with van der Waals surface area (Å²) in [7, 11) is 0.399. The van der Waals surface area contributed by atoms with Gasteiger partial charge in [0.1, 0.15) is 0 Å². The Morgan fingerprint density at radius 3 is 1.86 bits per heavy atom. The SMILES string of the molecule is CCC[SiH](OC)OC(C(C)C)C(C)C. The van der Waals surface area contributed by atoms with E-state index in [1.165, 1.54) is 0 Å². The van der Waals surface area contributed by atoms with Crippen LogP contribution in [0, 0.1) is 11.8 Å². The van der Waals surface area contributed by atoms with Crippen LogP contribution in [-0.4, -0.2) is 22.5 Å². The molecule has 0 aromatic carbocycles. The van der Waals surface area contributed by atoms with Crippen LogP contribution in [0.5, 0.6) is 0 Å². The Morgan fingerprint density at radius 1 is 1.07 bits per heavy atom. The summed E-state index contributed by atoms with van der Waals surface area (Å²) < 4.78 is 11.5. The molecule has 0 aliphatic rings. The van der Waals surface area contributed by atoms with E-state index in [9.17, 15) is 0 Å². The number of hydrogen-bond acceptors (Lipinski definition) is 2. The predicted molar refractivity (Wildman–Crippen MR) is 63.8 cm³/mol. The van der Waals surface area contributed by atoms with Crippen molar-refractivity contribution >= 4 is 9.28 Å². The Morgan fingerprint density at radius 2 is 1.57 bits per heavy atom. The maximum absolute atomic E-state index is 6.08. The fraction of sp³-hybridized carbons (Fsp3) is 1.00. The Hall–Kier alpha value is 0.137. The van der Waals surface area contributed by atoms with Crippen LogP contribution in [-0.2, 0) is 8.85 Å². The van der Waals surface area contributed by atoms with Crippen molar-refractivity contribution in [2.75, 3.05) is 7.11 Å². The monoisotopic (exact) mass is 218 g/mol. The maximum Gasteiger partial charge on any atom is 0.321 e. The molecule has 0 saturated heterocycles. The third-order valence-electron chi connectivity index (χ3n) is 2.41. The van der Waals surface area contributed by atoms with Gasteiger partial charge in [0.05, 0.1) is 6.10 Å².